The summed E-state index contributed by atoms with van der Waals surface area (Å²) >= 11 is 0. The maximum absolute atomic E-state index is 2.44. The van der Waals surface area contributed by atoms with Crippen molar-refractivity contribution in [3.63, 3.8) is 0 Å². The summed E-state index contributed by atoms with van der Waals surface area (Å²) in [5.41, 5.74) is 7.19. The summed E-state index contributed by atoms with van der Waals surface area (Å²) in [4.78, 5) is 0. The molecule has 1 unspecified atom stereocenters. The van der Waals surface area contributed by atoms with Gasteiger partial charge in [-0.05, 0) is 55.6 Å². The standard InChI is InChI=1S/C16H26/c1-4-7-13-11-14-10-6-9-12(3)16(14)15(13)8-5-2/h12H,4-11H2,1-3H3. The second-order valence-corrected chi connectivity index (χ2v) is 5.57. The molecule has 2 rings (SSSR count). The average Bonchev–Trinajstić information content (AvgIpc) is 2.59. The van der Waals surface area contributed by atoms with Gasteiger partial charge in [-0.2, -0.15) is 0 Å². The van der Waals surface area contributed by atoms with Gasteiger partial charge in [0.15, 0.2) is 0 Å². The predicted molar refractivity (Wildman–Crippen MR) is 71.5 cm³/mol. The van der Waals surface area contributed by atoms with Crippen LogP contribution in [0.5, 0.6) is 0 Å². The van der Waals surface area contributed by atoms with Crippen LogP contribution in [0.15, 0.2) is 22.3 Å². The van der Waals surface area contributed by atoms with Crippen molar-refractivity contribution in [1.82, 2.24) is 0 Å². The van der Waals surface area contributed by atoms with E-state index in [0.29, 0.717) is 0 Å². The van der Waals surface area contributed by atoms with Gasteiger partial charge < -0.3 is 0 Å². The Labute approximate surface area is 101 Å². The van der Waals surface area contributed by atoms with E-state index < -0.39 is 0 Å². The molecule has 0 nitrogen and oxygen atoms in total. The Bertz CT molecular complexity index is 317. The summed E-state index contributed by atoms with van der Waals surface area (Å²) in [5, 5.41) is 0. The molecule has 0 N–H and O–H groups in total. The molecule has 0 heterocycles. The fraction of sp³-hybridized carbons (Fsp3) is 0.750. The van der Waals surface area contributed by atoms with Gasteiger partial charge in [0.05, 0.1) is 0 Å². The van der Waals surface area contributed by atoms with Gasteiger partial charge in [-0.1, -0.05) is 44.8 Å². The van der Waals surface area contributed by atoms with Crippen molar-refractivity contribution < 1.29 is 0 Å². The molecule has 0 spiro atoms. The Morgan fingerprint density at radius 2 is 1.88 bits per heavy atom. The number of rotatable bonds is 4. The first-order chi connectivity index (χ1) is 7.77. The van der Waals surface area contributed by atoms with Gasteiger partial charge in [-0.3, -0.25) is 0 Å². The molecule has 0 aromatic rings. The maximum Gasteiger partial charge on any atom is -0.00965 e. The van der Waals surface area contributed by atoms with Crippen molar-refractivity contribution in [1.29, 1.82) is 0 Å². The molecule has 2 aliphatic carbocycles. The van der Waals surface area contributed by atoms with Gasteiger partial charge in [0, 0.05) is 0 Å². The van der Waals surface area contributed by atoms with Gasteiger partial charge in [-0.25, -0.2) is 0 Å². The highest BCUT2D eigenvalue weighted by molar-refractivity contribution is 5.49. The van der Waals surface area contributed by atoms with Crippen LogP contribution in [-0.2, 0) is 0 Å². The normalized spacial score (nSPS) is 25.3. The van der Waals surface area contributed by atoms with Crippen LogP contribution in [-0.4, -0.2) is 0 Å². The summed E-state index contributed by atoms with van der Waals surface area (Å²) in [6.07, 6.45) is 10.9. The molecule has 0 amide bonds. The summed E-state index contributed by atoms with van der Waals surface area (Å²) in [7, 11) is 0. The third-order valence-electron chi connectivity index (χ3n) is 4.22. The summed E-state index contributed by atoms with van der Waals surface area (Å²) in [5.74, 6) is 0.847. The zero-order chi connectivity index (χ0) is 11.5. The monoisotopic (exact) mass is 218 g/mol. The minimum absolute atomic E-state index is 0.847. The van der Waals surface area contributed by atoms with Crippen molar-refractivity contribution in [2.45, 2.75) is 72.1 Å². The summed E-state index contributed by atoms with van der Waals surface area (Å²) in [6.45, 7) is 7.08. The second kappa shape index (κ2) is 5.21. The maximum atomic E-state index is 2.44. The molecular formula is C16H26. The Kier molecular flexibility index (Phi) is 3.89. The highest BCUT2D eigenvalue weighted by Crippen LogP contribution is 2.46. The van der Waals surface area contributed by atoms with E-state index in [1.165, 1.54) is 51.4 Å². The van der Waals surface area contributed by atoms with E-state index in [1.807, 2.05) is 5.57 Å². The zero-order valence-corrected chi connectivity index (χ0v) is 11.2. The van der Waals surface area contributed by atoms with E-state index in [9.17, 15) is 0 Å². The van der Waals surface area contributed by atoms with E-state index in [1.54, 1.807) is 16.7 Å². The number of allylic oxidation sites excluding steroid dienone is 4. The molecule has 0 aromatic carbocycles. The number of hydrogen-bond donors (Lipinski definition) is 0. The first-order valence-electron chi connectivity index (χ1n) is 7.21. The van der Waals surface area contributed by atoms with Crippen molar-refractivity contribution in [2.24, 2.45) is 5.92 Å². The van der Waals surface area contributed by atoms with Crippen LogP contribution in [0.2, 0.25) is 0 Å². The summed E-state index contributed by atoms with van der Waals surface area (Å²) < 4.78 is 0. The SMILES string of the molecule is CCCC1=C(CCC)C2=C(CCCC2C)C1. The molecule has 2 aliphatic rings. The van der Waals surface area contributed by atoms with Gasteiger partial charge in [0.25, 0.3) is 0 Å². The Morgan fingerprint density at radius 3 is 2.56 bits per heavy atom. The van der Waals surface area contributed by atoms with E-state index >= 15 is 0 Å². The number of hydrogen-bond acceptors (Lipinski definition) is 0. The Morgan fingerprint density at radius 1 is 1.12 bits per heavy atom. The highest BCUT2D eigenvalue weighted by atomic mass is 14.3. The lowest BCUT2D eigenvalue weighted by atomic mass is 9.82. The molecule has 0 heteroatoms. The first-order valence-corrected chi connectivity index (χ1v) is 7.21. The van der Waals surface area contributed by atoms with E-state index in [-0.39, 0.29) is 0 Å². The third-order valence-corrected chi connectivity index (χ3v) is 4.22. The van der Waals surface area contributed by atoms with Crippen molar-refractivity contribution in [2.75, 3.05) is 0 Å². The van der Waals surface area contributed by atoms with Crippen LogP contribution in [0.4, 0.5) is 0 Å². The molecule has 0 aromatic heterocycles. The summed E-state index contributed by atoms with van der Waals surface area (Å²) in [6, 6.07) is 0. The van der Waals surface area contributed by atoms with Gasteiger partial charge in [0.2, 0.25) is 0 Å². The van der Waals surface area contributed by atoms with Crippen LogP contribution < -0.4 is 0 Å². The molecule has 0 bridgehead atoms. The van der Waals surface area contributed by atoms with Crippen LogP contribution in [0.25, 0.3) is 0 Å². The van der Waals surface area contributed by atoms with Gasteiger partial charge in [-0.15, -0.1) is 0 Å². The average molecular weight is 218 g/mol. The predicted octanol–water partition coefficient (Wildman–Crippen LogP) is 5.40. The van der Waals surface area contributed by atoms with Crippen molar-refractivity contribution in [3.8, 4) is 0 Å². The molecule has 0 saturated carbocycles. The molecule has 16 heavy (non-hydrogen) atoms. The largest absolute Gasteiger partial charge is 0.0651 e. The quantitative estimate of drug-likeness (QED) is 0.592. The van der Waals surface area contributed by atoms with Gasteiger partial charge >= 0.3 is 0 Å². The van der Waals surface area contributed by atoms with E-state index in [2.05, 4.69) is 20.8 Å². The lowest BCUT2D eigenvalue weighted by molar-refractivity contribution is 0.539. The molecule has 1 atom stereocenters. The zero-order valence-electron chi connectivity index (χ0n) is 11.2. The topological polar surface area (TPSA) is 0 Å². The minimum atomic E-state index is 0.847. The van der Waals surface area contributed by atoms with Crippen LogP contribution in [0.3, 0.4) is 0 Å². The van der Waals surface area contributed by atoms with Crippen LogP contribution in [0.1, 0.15) is 72.1 Å². The molecule has 0 fully saturated rings. The molecule has 0 radical (unpaired) electrons. The molecule has 0 aliphatic heterocycles. The first kappa shape index (κ1) is 12.0. The lowest BCUT2D eigenvalue weighted by Gasteiger charge is -2.23. The Balaban J connectivity index is 2.26. The fourth-order valence-electron chi connectivity index (χ4n) is 3.60. The molecule has 0 saturated heterocycles. The fourth-order valence-corrected chi connectivity index (χ4v) is 3.60. The third kappa shape index (κ3) is 2.12. The smallest absolute Gasteiger partial charge is 0.00965 e. The minimum Gasteiger partial charge on any atom is -0.0651 e. The van der Waals surface area contributed by atoms with Crippen molar-refractivity contribution >= 4 is 0 Å². The van der Waals surface area contributed by atoms with Crippen LogP contribution >= 0.6 is 0 Å². The molecular weight excluding hydrogens is 192 g/mol. The Hall–Kier alpha value is -0.520. The van der Waals surface area contributed by atoms with E-state index in [4.69, 9.17) is 0 Å². The van der Waals surface area contributed by atoms with E-state index in [0.717, 1.165) is 5.92 Å². The molecule has 90 valence electrons. The van der Waals surface area contributed by atoms with Gasteiger partial charge in [0.1, 0.15) is 0 Å². The van der Waals surface area contributed by atoms with Crippen LogP contribution in [0, 0.1) is 5.92 Å². The van der Waals surface area contributed by atoms with Crippen molar-refractivity contribution in [3.05, 3.63) is 22.3 Å². The lowest BCUT2D eigenvalue weighted by Crippen LogP contribution is -2.08. The second-order valence-electron chi connectivity index (χ2n) is 5.57. The highest BCUT2D eigenvalue weighted by Gasteiger charge is 2.28.